The summed E-state index contributed by atoms with van der Waals surface area (Å²) in [5.74, 6) is -0.309. The van der Waals surface area contributed by atoms with Gasteiger partial charge in [-0.15, -0.1) is 0 Å². The first-order chi connectivity index (χ1) is 6.39. The highest BCUT2D eigenvalue weighted by Crippen LogP contribution is 2.44. The first kappa shape index (κ1) is 11.2. The summed E-state index contributed by atoms with van der Waals surface area (Å²) in [6.45, 7) is 3.70. The first-order valence-corrected chi connectivity index (χ1v) is 4.76. The molecule has 1 unspecified atom stereocenters. The van der Waals surface area contributed by atoms with E-state index < -0.39 is 11.4 Å². The van der Waals surface area contributed by atoms with Crippen molar-refractivity contribution in [2.24, 2.45) is 11.3 Å². The lowest BCUT2D eigenvalue weighted by Gasteiger charge is -2.40. The van der Waals surface area contributed by atoms with Crippen LogP contribution < -0.4 is 0 Å². The molecule has 3 nitrogen and oxygen atoms in total. The summed E-state index contributed by atoms with van der Waals surface area (Å²) in [6, 6.07) is 0. The van der Waals surface area contributed by atoms with Crippen molar-refractivity contribution in [3.8, 4) is 0 Å². The third-order valence-corrected chi connectivity index (χ3v) is 3.06. The number of ketones is 1. The molecule has 0 aromatic carbocycles. The highest BCUT2D eigenvalue weighted by Gasteiger charge is 2.46. The molecule has 0 aliphatic heterocycles. The maximum atomic E-state index is 11.2. The molecular formula is C10H13ClO3. The number of ether oxygens (including phenoxy) is 1. The zero-order valence-corrected chi connectivity index (χ0v) is 9.22. The van der Waals surface area contributed by atoms with Crippen molar-refractivity contribution in [1.82, 2.24) is 0 Å². The van der Waals surface area contributed by atoms with Crippen LogP contribution in [0.1, 0.15) is 20.3 Å². The van der Waals surface area contributed by atoms with Gasteiger partial charge >= 0.3 is 5.97 Å². The molecule has 0 aromatic rings. The van der Waals surface area contributed by atoms with Crippen molar-refractivity contribution in [1.29, 1.82) is 0 Å². The Kier molecular flexibility index (Phi) is 3.00. The lowest BCUT2D eigenvalue weighted by molar-refractivity contribution is -0.140. The topological polar surface area (TPSA) is 43.4 Å². The van der Waals surface area contributed by atoms with Gasteiger partial charge in [0.15, 0.2) is 0 Å². The van der Waals surface area contributed by atoms with Gasteiger partial charge in [-0.25, -0.2) is 4.79 Å². The average molecular weight is 217 g/mol. The van der Waals surface area contributed by atoms with Gasteiger partial charge < -0.3 is 4.74 Å². The Balaban J connectivity index is 2.71. The lowest BCUT2D eigenvalue weighted by atomic mass is 9.61. The molecule has 1 aliphatic rings. The normalized spacial score (nSPS) is 25.6. The largest absolute Gasteiger partial charge is 0.465 e. The molecule has 0 radical (unpaired) electrons. The minimum Gasteiger partial charge on any atom is -0.465 e. The molecule has 1 rings (SSSR count). The van der Waals surface area contributed by atoms with Gasteiger partial charge in [0.2, 0.25) is 0 Å². The minimum atomic E-state index is -0.554. The Morgan fingerprint density at radius 3 is 2.57 bits per heavy atom. The Hall–Kier alpha value is -0.830. The van der Waals surface area contributed by atoms with Gasteiger partial charge in [-0.3, -0.25) is 4.79 Å². The van der Waals surface area contributed by atoms with E-state index in [4.69, 9.17) is 11.6 Å². The standard InChI is InChI=1S/C10H13ClO3/c1-10(2)6(5-8(10)12)4-7(11)9(13)14-3/h4,6H,5H2,1-3H3/b7-4-. The summed E-state index contributed by atoms with van der Waals surface area (Å²) in [6.07, 6.45) is 2.06. The highest BCUT2D eigenvalue weighted by atomic mass is 35.5. The van der Waals surface area contributed by atoms with Crippen molar-refractivity contribution < 1.29 is 14.3 Å². The monoisotopic (exact) mass is 216 g/mol. The van der Waals surface area contributed by atoms with Gasteiger partial charge in [0, 0.05) is 11.8 Å². The second-order valence-corrected chi connectivity index (χ2v) is 4.37. The maximum Gasteiger partial charge on any atom is 0.349 e. The van der Waals surface area contributed by atoms with Crippen molar-refractivity contribution in [2.75, 3.05) is 7.11 Å². The molecule has 14 heavy (non-hydrogen) atoms. The van der Waals surface area contributed by atoms with Crippen LogP contribution in [0.25, 0.3) is 0 Å². The second-order valence-electron chi connectivity index (χ2n) is 3.96. The van der Waals surface area contributed by atoms with Crippen LogP contribution in [0, 0.1) is 11.3 Å². The lowest BCUT2D eigenvalue weighted by Crippen LogP contribution is -2.44. The van der Waals surface area contributed by atoms with E-state index in [0.717, 1.165) is 0 Å². The van der Waals surface area contributed by atoms with E-state index in [1.54, 1.807) is 6.08 Å². The minimum absolute atomic E-state index is 0.0431. The van der Waals surface area contributed by atoms with Gasteiger partial charge in [0.25, 0.3) is 0 Å². The SMILES string of the molecule is COC(=O)/C(Cl)=C/C1CC(=O)C1(C)C. The van der Waals surface area contributed by atoms with Crippen LogP contribution in [0.2, 0.25) is 0 Å². The number of hydrogen-bond acceptors (Lipinski definition) is 3. The summed E-state index contributed by atoms with van der Waals surface area (Å²) in [5, 5.41) is 0.0538. The molecule has 1 atom stereocenters. The number of hydrogen-bond donors (Lipinski definition) is 0. The Bertz CT molecular complexity index is 304. The third-order valence-electron chi connectivity index (χ3n) is 2.78. The summed E-state index contributed by atoms with van der Waals surface area (Å²) >= 11 is 5.69. The smallest absolute Gasteiger partial charge is 0.349 e. The van der Waals surface area contributed by atoms with Crippen molar-refractivity contribution in [3.05, 3.63) is 11.1 Å². The number of Topliss-reactive ketones (excluding diaryl/α,β-unsaturated/α-hetero) is 1. The van der Waals surface area contributed by atoms with Crippen LogP contribution in [0.5, 0.6) is 0 Å². The fourth-order valence-corrected chi connectivity index (χ4v) is 1.63. The van der Waals surface area contributed by atoms with E-state index in [-0.39, 0.29) is 16.7 Å². The van der Waals surface area contributed by atoms with E-state index in [9.17, 15) is 9.59 Å². The number of carbonyl (C=O) groups excluding carboxylic acids is 2. The summed E-state index contributed by atoms with van der Waals surface area (Å²) in [5.41, 5.74) is -0.395. The second kappa shape index (κ2) is 3.73. The molecule has 0 spiro atoms. The molecule has 0 bridgehead atoms. The number of esters is 1. The van der Waals surface area contributed by atoms with Crippen LogP contribution >= 0.6 is 11.6 Å². The molecule has 4 heteroatoms. The number of carbonyl (C=O) groups is 2. The zero-order valence-electron chi connectivity index (χ0n) is 8.46. The number of allylic oxidation sites excluding steroid dienone is 1. The van der Waals surface area contributed by atoms with Crippen molar-refractivity contribution in [3.63, 3.8) is 0 Å². The molecule has 0 heterocycles. The molecule has 0 N–H and O–H groups in total. The third kappa shape index (κ3) is 1.82. The average Bonchev–Trinajstić information content (AvgIpc) is 2.16. The van der Waals surface area contributed by atoms with E-state index in [2.05, 4.69) is 4.74 Å². The summed E-state index contributed by atoms with van der Waals surface area (Å²) in [7, 11) is 1.27. The molecule has 1 aliphatic carbocycles. The molecule has 0 aromatic heterocycles. The van der Waals surface area contributed by atoms with Gasteiger partial charge in [0.05, 0.1) is 7.11 Å². The number of halogens is 1. The van der Waals surface area contributed by atoms with Crippen LogP contribution in [0.15, 0.2) is 11.1 Å². The molecule has 78 valence electrons. The maximum absolute atomic E-state index is 11.2. The fourth-order valence-electron chi connectivity index (χ4n) is 1.40. The molecule has 1 saturated carbocycles. The van der Waals surface area contributed by atoms with Gasteiger partial charge in [0.1, 0.15) is 10.8 Å². The van der Waals surface area contributed by atoms with Crippen molar-refractivity contribution in [2.45, 2.75) is 20.3 Å². The van der Waals surface area contributed by atoms with E-state index in [1.165, 1.54) is 7.11 Å². The summed E-state index contributed by atoms with van der Waals surface area (Å²) in [4.78, 5) is 22.2. The fraction of sp³-hybridized carbons (Fsp3) is 0.600. The van der Waals surface area contributed by atoms with E-state index in [1.807, 2.05) is 13.8 Å². The Morgan fingerprint density at radius 1 is 1.64 bits per heavy atom. The molecule has 0 saturated heterocycles. The molecule has 1 fully saturated rings. The van der Waals surface area contributed by atoms with Gasteiger partial charge in [-0.2, -0.15) is 0 Å². The van der Waals surface area contributed by atoms with Crippen molar-refractivity contribution >= 4 is 23.4 Å². The van der Waals surface area contributed by atoms with Crippen LogP contribution in [0.4, 0.5) is 0 Å². The van der Waals surface area contributed by atoms with Crippen LogP contribution in [-0.4, -0.2) is 18.9 Å². The Morgan fingerprint density at radius 2 is 2.21 bits per heavy atom. The van der Waals surface area contributed by atoms with Crippen LogP contribution in [-0.2, 0) is 14.3 Å². The Labute approximate surface area is 88.1 Å². The number of rotatable bonds is 2. The van der Waals surface area contributed by atoms with Crippen LogP contribution in [0.3, 0.4) is 0 Å². The molecular weight excluding hydrogens is 204 g/mol. The van der Waals surface area contributed by atoms with E-state index in [0.29, 0.717) is 6.42 Å². The quantitative estimate of drug-likeness (QED) is 0.523. The first-order valence-electron chi connectivity index (χ1n) is 4.38. The highest BCUT2D eigenvalue weighted by molar-refractivity contribution is 6.41. The molecule has 0 amide bonds. The van der Waals surface area contributed by atoms with E-state index >= 15 is 0 Å². The number of methoxy groups -OCH3 is 1. The summed E-state index contributed by atoms with van der Waals surface area (Å²) < 4.78 is 4.45. The predicted octanol–water partition coefficient (Wildman–Crippen LogP) is 1.90. The van der Waals surface area contributed by atoms with Gasteiger partial charge in [-0.1, -0.05) is 31.5 Å². The predicted molar refractivity (Wildman–Crippen MR) is 52.8 cm³/mol. The van der Waals surface area contributed by atoms with Gasteiger partial charge in [-0.05, 0) is 5.92 Å². The zero-order chi connectivity index (χ0) is 10.9.